The van der Waals surface area contributed by atoms with Crippen LogP contribution in [0, 0.1) is 0 Å². The molecule has 0 bridgehead atoms. The molecule has 0 aliphatic carbocycles. The summed E-state index contributed by atoms with van der Waals surface area (Å²) in [6, 6.07) is 20.8. The summed E-state index contributed by atoms with van der Waals surface area (Å²) in [6.07, 6.45) is 0. The summed E-state index contributed by atoms with van der Waals surface area (Å²) >= 11 is 3.36. The maximum Gasteiger partial charge on any atom is 0.375 e. The Morgan fingerprint density at radius 1 is 0.943 bits per heavy atom. The van der Waals surface area contributed by atoms with Gasteiger partial charge in [-0.05, 0) is 42.3 Å². The van der Waals surface area contributed by atoms with E-state index in [4.69, 9.17) is 18.6 Å². The molecule has 4 aromatic rings. The van der Waals surface area contributed by atoms with Crippen LogP contribution in [0.3, 0.4) is 0 Å². The van der Waals surface area contributed by atoms with Gasteiger partial charge in [0.2, 0.25) is 11.2 Å². The maximum atomic E-state index is 13.3. The topological polar surface area (TPSA) is 92.0 Å². The molecule has 8 heteroatoms. The minimum atomic E-state index is -0.750. The smallest absolute Gasteiger partial charge is 0.375 e. The van der Waals surface area contributed by atoms with Crippen molar-refractivity contribution in [3.63, 3.8) is 0 Å². The highest BCUT2D eigenvalue weighted by molar-refractivity contribution is 9.10. The second-order valence-electron chi connectivity index (χ2n) is 7.46. The minimum Gasteiger partial charge on any atom is -0.482 e. The molecule has 0 aliphatic rings. The quantitative estimate of drug-likeness (QED) is 0.273. The number of rotatable bonds is 8. The highest BCUT2D eigenvalue weighted by atomic mass is 79.9. The van der Waals surface area contributed by atoms with Crippen LogP contribution in [0.2, 0.25) is 0 Å². The molecule has 3 aromatic carbocycles. The molecule has 0 N–H and O–H groups in total. The van der Waals surface area contributed by atoms with Crippen LogP contribution in [0.4, 0.5) is 0 Å². The van der Waals surface area contributed by atoms with Gasteiger partial charge in [0.25, 0.3) is 0 Å². The molecule has 1 aromatic heterocycles. The van der Waals surface area contributed by atoms with Crippen LogP contribution in [0.15, 0.2) is 86.5 Å². The third kappa shape index (κ3) is 5.78. The van der Waals surface area contributed by atoms with Gasteiger partial charge in [0.1, 0.15) is 17.9 Å². The van der Waals surface area contributed by atoms with Crippen LogP contribution in [-0.2, 0) is 20.9 Å². The largest absolute Gasteiger partial charge is 0.482 e. The van der Waals surface area contributed by atoms with Crippen molar-refractivity contribution in [3.8, 4) is 16.9 Å². The highest BCUT2D eigenvalue weighted by Crippen LogP contribution is 2.28. The van der Waals surface area contributed by atoms with Gasteiger partial charge in [0.15, 0.2) is 6.61 Å². The lowest BCUT2D eigenvalue weighted by Crippen LogP contribution is -2.16. The lowest BCUT2D eigenvalue weighted by atomic mass is 10.0. The molecule has 0 aliphatic heterocycles. The zero-order chi connectivity index (χ0) is 24.8. The van der Waals surface area contributed by atoms with E-state index in [1.807, 2.05) is 30.3 Å². The Bertz CT molecular complexity index is 1410. The fraction of sp³-hybridized carbons (Fsp3) is 0.148. The third-order valence-electron chi connectivity index (χ3n) is 5.06. The third-order valence-corrected chi connectivity index (χ3v) is 5.59. The number of fused-ring (bicyclic) bond motifs is 1. The lowest BCUT2D eigenvalue weighted by molar-refractivity contribution is -0.147. The van der Waals surface area contributed by atoms with Crippen molar-refractivity contribution in [2.45, 2.75) is 13.5 Å². The summed E-state index contributed by atoms with van der Waals surface area (Å²) in [5.74, 6) is -1.22. The number of carbonyl (C=O) groups is 2. The average molecular weight is 537 g/mol. The van der Waals surface area contributed by atoms with Crippen molar-refractivity contribution in [3.05, 3.63) is 98.8 Å². The second kappa shape index (κ2) is 11.0. The van der Waals surface area contributed by atoms with E-state index >= 15 is 0 Å². The minimum absolute atomic E-state index is 0.113. The van der Waals surface area contributed by atoms with Crippen molar-refractivity contribution in [2.24, 2.45) is 0 Å². The van der Waals surface area contributed by atoms with Crippen LogP contribution >= 0.6 is 15.9 Å². The Balaban J connectivity index is 1.60. The van der Waals surface area contributed by atoms with Crippen molar-refractivity contribution in [1.29, 1.82) is 0 Å². The Kier molecular flexibility index (Phi) is 7.62. The number of benzene rings is 3. The molecule has 0 saturated heterocycles. The van der Waals surface area contributed by atoms with Gasteiger partial charge in [0.05, 0.1) is 17.6 Å². The second-order valence-corrected chi connectivity index (χ2v) is 8.37. The Hall–Kier alpha value is -3.91. The van der Waals surface area contributed by atoms with E-state index in [-0.39, 0.29) is 53.3 Å². The highest BCUT2D eigenvalue weighted by Gasteiger charge is 2.23. The summed E-state index contributed by atoms with van der Waals surface area (Å²) in [5, 5.41) is 0.259. The molecule has 0 radical (unpaired) electrons. The van der Waals surface area contributed by atoms with Crippen LogP contribution in [0.5, 0.6) is 5.75 Å². The number of carbonyl (C=O) groups excluding carboxylic acids is 2. The summed E-state index contributed by atoms with van der Waals surface area (Å²) in [6.45, 7) is 1.59. The van der Waals surface area contributed by atoms with Crippen LogP contribution in [-0.4, -0.2) is 25.2 Å². The normalized spacial score (nSPS) is 10.7. The zero-order valence-electron chi connectivity index (χ0n) is 18.8. The predicted molar refractivity (Wildman–Crippen MR) is 133 cm³/mol. The molecule has 0 fully saturated rings. The van der Waals surface area contributed by atoms with Gasteiger partial charge >= 0.3 is 11.9 Å². The van der Waals surface area contributed by atoms with Gasteiger partial charge in [-0.2, -0.15) is 0 Å². The van der Waals surface area contributed by atoms with Crippen molar-refractivity contribution >= 4 is 38.8 Å². The molecule has 0 amide bonds. The molecule has 0 saturated carbocycles. The molecule has 1 heterocycles. The molecule has 4 rings (SSSR count). The van der Waals surface area contributed by atoms with Crippen molar-refractivity contribution in [2.75, 3.05) is 13.2 Å². The van der Waals surface area contributed by atoms with Crippen LogP contribution < -0.4 is 10.2 Å². The predicted octanol–water partition coefficient (Wildman–Crippen LogP) is 5.52. The number of esters is 2. The van der Waals surface area contributed by atoms with E-state index in [1.165, 1.54) is 12.1 Å². The van der Waals surface area contributed by atoms with Gasteiger partial charge in [0, 0.05) is 10.5 Å². The summed E-state index contributed by atoms with van der Waals surface area (Å²) in [7, 11) is 0. The lowest BCUT2D eigenvalue weighted by Gasteiger charge is -2.11. The number of halogens is 1. The van der Waals surface area contributed by atoms with E-state index in [9.17, 15) is 14.4 Å². The SMILES string of the molecule is CCOC(=O)c1oc2cc(OCC(=O)OCc3ccccc3)ccc2c(=O)c1-c1ccc(Br)cc1. The molecule has 35 heavy (non-hydrogen) atoms. The van der Waals surface area contributed by atoms with Gasteiger partial charge < -0.3 is 18.6 Å². The van der Waals surface area contributed by atoms with Gasteiger partial charge in [-0.15, -0.1) is 0 Å². The Morgan fingerprint density at radius 3 is 2.40 bits per heavy atom. The number of ether oxygens (including phenoxy) is 3. The first kappa shape index (κ1) is 24.2. The molecular formula is C27H21BrO7. The summed E-state index contributed by atoms with van der Waals surface area (Å²) in [4.78, 5) is 38.0. The Labute approximate surface area is 209 Å². The molecule has 7 nitrogen and oxygen atoms in total. The monoisotopic (exact) mass is 536 g/mol. The summed E-state index contributed by atoms with van der Waals surface area (Å²) in [5.41, 5.74) is 1.25. The number of hydrogen-bond donors (Lipinski definition) is 0. The standard InChI is InChI=1S/C27H21BrO7/c1-2-32-27(31)26-24(18-8-10-19(28)11-9-18)25(30)21-13-12-20(14-22(21)35-26)33-16-23(29)34-15-17-6-4-3-5-7-17/h3-14H,2,15-16H2,1H3. The first-order chi connectivity index (χ1) is 17.0. The molecule has 178 valence electrons. The first-order valence-electron chi connectivity index (χ1n) is 10.8. The fourth-order valence-electron chi connectivity index (χ4n) is 3.40. The van der Waals surface area contributed by atoms with Crippen molar-refractivity contribution in [1.82, 2.24) is 0 Å². The van der Waals surface area contributed by atoms with Gasteiger partial charge in [-0.25, -0.2) is 9.59 Å². The maximum absolute atomic E-state index is 13.3. The van der Waals surface area contributed by atoms with E-state index in [0.29, 0.717) is 5.56 Å². The van der Waals surface area contributed by atoms with Gasteiger partial charge in [-0.3, -0.25) is 4.79 Å². The van der Waals surface area contributed by atoms with E-state index in [2.05, 4.69) is 15.9 Å². The van der Waals surface area contributed by atoms with Gasteiger partial charge in [-0.1, -0.05) is 58.4 Å². The van der Waals surface area contributed by atoms with E-state index in [0.717, 1.165) is 10.0 Å². The average Bonchev–Trinajstić information content (AvgIpc) is 2.87. The summed E-state index contributed by atoms with van der Waals surface area (Å²) < 4.78 is 22.5. The zero-order valence-corrected chi connectivity index (χ0v) is 20.4. The fourth-order valence-corrected chi connectivity index (χ4v) is 3.67. The number of hydrogen-bond acceptors (Lipinski definition) is 7. The van der Waals surface area contributed by atoms with E-state index in [1.54, 1.807) is 37.3 Å². The molecular weight excluding hydrogens is 516 g/mol. The first-order valence-corrected chi connectivity index (χ1v) is 11.6. The molecule has 0 unspecified atom stereocenters. The molecule has 0 atom stereocenters. The Morgan fingerprint density at radius 2 is 1.69 bits per heavy atom. The van der Waals surface area contributed by atoms with E-state index < -0.39 is 11.9 Å². The van der Waals surface area contributed by atoms with Crippen LogP contribution in [0.25, 0.3) is 22.1 Å². The molecule has 0 spiro atoms. The van der Waals surface area contributed by atoms with Crippen LogP contribution in [0.1, 0.15) is 23.0 Å². The van der Waals surface area contributed by atoms with Crippen molar-refractivity contribution < 1.29 is 28.2 Å².